The Kier molecular flexibility index (Phi) is 18.0. The van der Waals surface area contributed by atoms with Crippen LogP contribution in [0.2, 0.25) is 0 Å². The summed E-state index contributed by atoms with van der Waals surface area (Å²) in [7, 11) is -10.3. The first kappa shape index (κ1) is 41.6. The second kappa shape index (κ2) is 19.4. The number of amides is 1. The molecule has 0 aliphatic carbocycles. The third kappa shape index (κ3) is 13.0. The molecule has 3 aromatic carbocycles. The van der Waals surface area contributed by atoms with Crippen LogP contribution in [0.15, 0.2) is 62.5 Å². The molecule has 11 nitrogen and oxygen atoms in total. The Balaban J connectivity index is 0.00000506. The van der Waals surface area contributed by atoms with Gasteiger partial charge in [0.2, 0.25) is 5.91 Å². The van der Waals surface area contributed by atoms with Gasteiger partial charge in [-0.25, -0.2) is 16.8 Å². The maximum absolute atomic E-state index is 12.1. The van der Waals surface area contributed by atoms with Gasteiger partial charge in [-0.05, 0) is 54.1 Å². The molecule has 0 bridgehead atoms. The smallest absolute Gasteiger partial charge is 0.744 e. The number of aromatic hydroxyl groups is 1. The molecule has 2 N–H and O–H groups in total. The van der Waals surface area contributed by atoms with Gasteiger partial charge in [-0.1, -0.05) is 76.8 Å². The van der Waals surface area contributed by atoms with Gasteiger partial charge in [-0.2, -0.15) is 5.11 Å². The summed E-state index contributed by atoms with van der Waals surface area (Å²) in [6.45, 7) is 3.33. The summed E-state index contributed by atoms with van der Waals surface area (Å²) in [5.41, 5.74) is 0.440. The number of phenolic OH excluding ortho intramolecular Hbond substituents is 1. The number of rotatable bonds is 16. The number of aryl methyl sites for hydroxylation is 1. The van der Waals surface area contributed by atoms with Crippen molar-refractivity contribution in [3.63, 3.8) is 0 Å². The number of unbranched alkanes of at least 4 members (excludes halogenated alkanes) is 9. The molecule has 1 amide bonds. The molecule has 0 spiro atoms. The summed E-state index contributed by atoms with van der Waals surface area (Å²) in [4.78, 5) is 9.96. The molecule has 0 unspecified atom stereocenters. The van der Waals surface area contributed by atoms with Crippen LogP contribution in [0, 0.1) is 0 Å². The predicted octanol–water partition coefficient (Wildman–Crippen LogP) is 1.20. The maximum atomic E-state index is 12.1. The molecule has 3 aromatic rings. The van der Waals surface area contributed by atoms with Crippen LogP contribution in [0.1, 0.15) is 83.6 Å². The first-order valence-corrected chi connectivity index (χ1v) is 17.2. The fourth-order valence-electron chi connectivity index (χ4n) is 4.83. The number of phenols is 1. The second-order valence-corrected chi connectivity index (χ2v) is 13.3. The number of carbonyl (C=O) groups excluding carboxylic acids is 1. The Hall–Kier alpha value is -1.39. The molecule has 0 atom stereocenters. The fourth-order valence-corrected chi connectivity index (χ4v) is 6.01. The van der Waals surface area contributed by atoms with E-state index in [0.29, 0.717) is 5.69 Å². The average Bonchev–Trinajstić information content (AvgIpc) is 2.92. The summed E-state index contributed by atoms with van der Waals surface area (Å²) < 4.78 is 71.1. The van der Waals surface area contributed by atoms with Crippen LogP contribution in [0.4, 0.5) is 17.1 Å². The van der Waals surface area contributed by atoms with Gasteiger partial charge in [0, 0.05) is 12.3 Å². The molecule has 3 rings (SSSR count). The van der Waals surface area contributed by atoms with Crippen molar-refractivity contribution in [2.45, 2.75) is 94.3 Å². The summed E-state index contributed by atoms with van der Waals surface area (Å²) in [6, 6.07) is 9.48. The third-order valence-electron chi connectivity index (χ3n) is 7.01. The zero-order chi connectivity index (χ0) is 31.6. The van der Waals surface area contributed by atoms with Gasteiger partial charge in [0.1, 0.15) is 25.9 Å². The molecular weight excluding hydrogens is 640 g/mol. The van der Waals surface area contributed by atoms with Crippen LogP contribution in [-0.4, -0.2) is 37.0 Å². The number of azo groups is 1. The average molecular weight is 678 g/mol. The Morgan fingerprint density at radius 3 is 1.87 bits per heavy atom. The maximum Gasteiger partial charge on any atom is 1.00 e. The van der Waals surface area contributed by atoms with Gasteiger partial charge in [0.15, 0.2) is 5.75 Å². The van der Waals surface area contributed by atoms with E-state index >= 15 is 0 Å². The van der Waals surface area contributed by atoms with Gasteiger partial charge in [-0.15, -0.1) is 5.11 Å². The Morgan fingerprint density at radius 1 is 0.800 bits per heavy atom. The summed E-state index contributed by atoms with van der Waals surface area (Å²) >= 11 is 0. The number of hydrogen-bond acceptors (Lipinski definition) is 10. The topological polar surface area (TPSA) is 188 Å². The molecular formula is C30H37N3Na2O8S2. The molecule has 0 saturated heterocycles. The number of hydrogen-bond donors (Lipinski definition) is 2. The van der Waals surface area contributed by atoms with Gasteiger partial charge < -0.3 is 19.5 Å². The van der Waals surface area contributed by atoms with Crippen molar-refractivity contribution < 1.29 is 95.0 Å². The Morgan fingerprint density at radius 2 is 1.36 bits per heavy atom. The zero-order valence-corrected chi connectivity index (χ0v) is 32.0. The van der Waals surface area contributed by atoms with E-state index in [-0.39, 0.29) is 75.6 Å². The third-order valence-corrected chi connectivity index (χ3v) is 8.68. The van der Waals surface area contributed by atoms with Gasteiger partial charge >= 0.3 is 59.1 Å². The number of nitrogens with one attached hydrogen (secondary N) is 1. The van der Waals surface area contributed by atoms with E-state index < -0.39 is 47.4 Å². The molecule has 0 fully saturated rings. The summed E-state index contributed by atoms with van der Waals surface area (Å²) in [6.07, 6.45) is 13.4. The largest absolute Gasteiger partial charge is 1.00 e. The number of anilines is 1. The van der Waals surface area contributed by atoms with E-state index in [9.17, 15) is 35.8 Å². The van der Waals surface area contributed by atoms with Gasteiger partial charge in [0.05, 0.1) is 21.2 Å². The molecule has 0 saturated carbocycles. The van der Waals surface area contributed by atoms with E-state index in [1.54, 1.807) is 12.1 Å². The quantitative estimate of drug-likeness (QED) is 0.0979. The minimum atomic E-state index is -5.25. The molecule has 0 aliphatic heterocycles. The van der Waals surface area contributed by atoms with Gasteiger partial charge in [-0.3, -0.25) is 4.79 Å². The van der Waals surface area contributed by atoms with Crippen LogP contribution >= 0.6 is 0 Å². The Bertz CT molecular complexity index is 1680. The summed E-state index contributed by atoms with van der Waals surface area (Å²) in [5.74, 6) is -1.51. The molecule has 0 heterocycles. The van der Waals surface area contributed by atoms with Crippen LogP contribution < -0.4 is 64.4 Å². The molecule has 45 heavy (non-hydrogen) atoms. The van der Waals surface area contributed by atoms with Crippen LogP contribution in [0.3, 0.4) is 0 Å². The molecule has 0 aromatic heterocycles. The molecule has 0 aliphatic rings. The van der Waals surface area contributed by atoms with E-state index in [2.05, 4.69) is 22.5 Å². The van der Waals surface area contributed by atoms with Crippen molar-refractivity contribution in [1.29, 1.82) is 0 Å². The molecule has 0 radical (unpaired) electrons. The second-order valence-electron chi connectivity index (χ2n) is 10.5. The van der Waals surface area contributed by atoms with Crippen molar-refractivity contribution in [2.24, 2.45) is 10.2 Å². The van der Waals surface area contributed by atoms with Crippen LogP contribution in [0.5, 0.6) is 5.75 Å². The fraction of sp³-hybridized carbons (Fsp3) is 0.433. The number of benzene rings is 3. The van der Waals surface area contributed by atoms with E-state index in [4.69, 9.17) is 0 Å². The standard InChI is InChI=1S/C30H39N3O8S2.2Na/c1-3-4-5-6-7-8-9-10-11-12-13-22-14-16-24(17-15-22)32-33-29-27(43(39,40)41)19-23-18-25(42(36,37)38)20-26(31-21(2)34)28(23)30(29)35;;/h14-20,35H,3-13H2,1-2H3,(H,31,34)(H,36,37,38)(H,39,40,41);;/q;2*+1/p-2/b33-32+;;. The first-order valence-electron chi connectivity index (χ1n) is 14.3. The molecule has 15 heteroatoms. The number of carbonyl (C=O) groups is 1. The first-order chi connectivity index (χ1) is 20.3. The minimum Gasteiger partial charge on any atom is -0.744 e. The zero-order valence-electron chi connectivity index (χ0n) is 26.3. The number of nitrogens with zero attached hydrogens (tertiary/aromatic N) is 2. The molecule has 234 valence electrons. The van der Waals surface area contributed by atoms with E-state index in [1.807, 2.05) is 12.1 Å². The van der Waals surface area contributed by atoms with Crippen molar-refractivity contribution in [3.05, 3.63) is 48.0 Å². The monoisotopic (exact) mass is 677 g/mol. The number of fused-ring (bicyclic) bond motifs is 1. The normalized spacial score (nSPS) is 11.7. The van der Waals surface area contributed by atoms with Crippen molar-refractivity contribution >= 4 is 54.0 Å². The minimum absolute atomic E-state index is 0. The Labute approximate surface area is 309 Å². The van der Waals surface area contributed by atoms with Crippen molar-refractivity contribution in [1.82, 2.24) is 0 Å². The van der Waals surface area contributed by atoms with Crippen LogP contribution in [-0.2, 0) is 31.5 Å². The van der Waals surface area contributed by atoms with E-state index in [1.165, 1.54) is 51.4 Å². The van der Waals surface area contributed by atoms with Gasteiger partial charge in [0.25, 0.3) is 0 Å². The van der Waals surface area contributed by atoms with E-state index in [0.717, 1.165) is 49.9 Å². The van der Waals surface area contributed by atoms with Crippen LogP contribution in [0.25, 0.3) is 10.8 Å². The van der Waals surface area contributed by atoms with Crippen molar-refractivity contribution in [2.75, 3.05) is 5.32 Å². The SMILES string of the molecule is CCCCCCCCCCCCc1ccc(/N=N/c2c(S(=O)(=O)[O-])cc3cc(S(=O)(=O)[O-])cc(NC(C)=O)c3c2O)cc1.[Na+].[Na+]. The summed E-state index contributed by atoms with van der Waals surface area (Å²) in [5, 5.41) is 20.6. The van der Waals surface area contributed by atoms with Crippen molar-refractivity contribution in [3.8, 4) is 5.75 Å². The predicted molar refractivity (Wildman–Crippen MR) is 162 cm³/mol.